The van der Waals surface area contributed by atoms with Gasteiger partial charge in [0.15, 0.2) is 0 Å². The first-order valence-corrected chi connectivity index (χ1v) is 9.15. The van der Waals surface area contributed by atoms with Crippen molar-refractivity contribution in [2.24, 2.45) is 0 Å². The number of imidazole rings is 1. The van der Waals surface area contributed by atoms with Crippen LogP contribution in [-0.2, 0) is 4.79 Å². The van der Waals surface area contributed by atoms with Crippen LogP contribution in [0.5, 0.6) is 5.75 Å². The van der Waals surface area contributed by atoms with Crippen molar-refractivity contribution in [3.8, 4) is 28.3 Å². The van der Waals surface area contributed by atoms with Crippen LogP contribution >= 0.6 is 0 Å². The highest BCUT2D eigenvalue weighted by Gasteiger charge is 2.20. The van der Waals surface area contributed by atoms with E-state index in [2.05, 4.69) is 4.98 Å². The van der Waals surface area contributed by atoms with Gasteiger partial charge in [-0.2, -0.15) is 0 Å². The molecule has 29 heavy (non-hydrogen) atoms. The molecule has 0 fully saturated rings. The molecule has 1 aromatic heterocycles. The summed E-state index contributed by atoms with van der Waals surface area (Å²) in [6.07, 6.45) is 1.55. The fourth-order valence-corrected chi connectivity index (χ4v) is 3.15. The molecule has 0 spiro atoms. The number of hydrogen-bond donors (Lipinski definition) is 0. The van der Waals surface area contributed by atoms with Gasteiger partial charge in [0, 0.05) is 23.6 Å². The molecule has 0 radical (unpaired) electrons. The third-order valence-electron chi connectivity index (χ3n) is 4.44. The van der Waals surface area contributed by atoms with Gasteiger partial charge in [-0.05, 0) is 24.3 Å². The van der Waals surface area contributed by atoms with Crippen LogP contribution in [0.2, 0.25) is 0 Å². The minimum Gasteiger partial charge on any atom is -0.427 e. The predicted molar refractivity (Wildman–Crippen MR) is 111 cm³/mol. The van der Waals surface area contributed by atoms with E-state index >= 15 is 0 Å². The fourth-order valence-electron chi connectivity index (χ4n) is 3.15. The van der Waals surface area contributed by atoms with Gasteiger partial charge in [-0.15, -0.1) is 0 Å². The van der Waals surface area contributed by atoms with Crippen molar-refractivity contribution in [3.05, 3.63) is 96.8 Å². The number of benzene rings is 3. The van der Waals surface area contributed by atoms with Crippen molar-refractivity contribution >= 4 is 11.9 Å². The van der Waals surface area contributed by atoms with Crippen LogP contribution in [0.4, 0.5) is 0 Å². The van der Waals surface area contributed by atoms with Crippen LogP contribution in [0.3, 0.4) is 0 Å². The summed E-state index contributed by atoms with van der Waals surface area (Å²) in [5.74, 6) is -0.224. The Morgan fingerprint density at radius 1 is 0.793 bits per heavy atom. The Balaban J connectivity index is 1.79. The molecule has 142 valence electrons. The van der Waals surface area contributed by atoms with Crippen molar-refractivity contribution in [2.75, 3.05) is 0 Å². The minimum absolute atomic E-state index is 0.215. The highest BCUT2D eigenvalue weighted by Crippen LogP contribution is 2.31. The lowest BCUT2D eigenvalue weighted by Gasteiger charge is -2.10. The Bertz CT molecular complexity index is 1150. The molecule has 0 unspecified atom stereocenters. The largest absolute Gasteiger partial charge is 0.427 e. The zero-order valence-electron chi connectivity index (χ0n) is 15.8. The maximum atomic E-state index is 13.2. The normalized spacial score (nSPS) is 10.5. The summed E-state index contributed by atoms with van der Waals surface area (Å²) in [5, 5.41) is 0. The van der Waals surface area contributed by atoms with E-state index < -0.39 is 5.97 Å². The average molecular weight is 382 g/mol. The Morgan fingerprint density at radius 2 is 1.38 bits per heavy atom. The van der Waals surface area contributed by atoms with Gasteiger partial charge in [0.05, 0.1) is 11.4 Å². The summed E-state index contributed by atoms with van der Waals surface area (Å²) in [6.45, 7) is 1.34. The lowest BCUT2D eigenvalue weighted by atomic mass is 10.0. The van der Waals surface area contributed by atoms with Gasteiger partial charge in [0.25, 0.3) is 5.91 Å². The number of aromatic nitrogens is 2. The fraction of sp³-hybridized carbons (Fsp3) is 0.0417. The molecule has 0 aliphatic rings. The summed E-state index contributed by atoms with van der Waals surface area (Å²) >= 11 is 0. The number of rotatable bonds is 4. The first kappa shape index (κ1) is 18.4. The summed E-state index contributed by atoms with van der Waals surface area (Å²) in [6, 6.07) is 26.0. The lowest BCUT2D eigenvalue weighted by Crippen LogP contribution is -2.12. The van der Waals surface area contributed by atoms with Crippen molar-refractivity contribution in [1.82, 2.24) is 9.55 Å². The second kappa shape index (κ2) is 7.94. The lowest BCUT2D eigenvalue weighted by molar-refractivity contribution is -0.131. The molecule has 5 heteroatoms. The van der Waals surface area contributed by atoms with Gasteiger partial charge < -0.3 is 4.74 Å². The maximum absolute atomic E-state index is 13.2. The number of ether oxygens (including phenoxy) is 1. The quantitative estimate of drug-likeness (QED) is 0.375. The summed E-state index contributed by atoms with van der Waals surface area (Å²) in [4.78, 5) is 28.9. The number of hydrogen-bond acceptors (Lipinski definition) is 4. The van der Waals surface area contributed by atoms with Gasteiger partial charge >= 0.3 is 5.97 Å². The van der Waals surface area contributed by atoms with E-state index in [1.165, 1.54) is 6.92 Å². The van der Waals surface area contributed by atoms with Crippen molar-refractivity contribution < 1.29 is 14.3 Å². The van der Waals surface area contributed by atoms with Gasteiger partial charge in [0.2, 0.25) is 0 Å². The van der Waals surface area contributed by atoms with Crippen LogP contribution < -0.4 is 4.74 Å². The van der Waals surface area contributed by atoms with Crippen LogP contribution in [0.25, 0.3) is 22.5 Å². The van der Waals surface area contributed by atoms with Crippen LogP contribution in [0, 0.1) is 0 Å². The molecule has 4 aromatic rings. The zero-order chi connectivity index (χ0) is 20.2. The van der Waals surface area contributed by atoms with Gasteiger partial charge in [0.1, 0.15) is 12.1 Å². The Labute approximate surface area is 168 Å². The molecular formula is C24H18N2O3. The smallest absolute Gasteiger partial charge is 0.308 e. The molecule has 0 bridgehead atoms. The molecule has 0 aliphatic carbocycles. The van der Waals surface area contributed by atoms with Crippen molar-refractivity contribution in [1.29, 1.82) is 0 Å². The standard InChI is InChI=1S/C24H18N2O3/c1-17(27)29-21-14-12-20(13-15-21)24(28)26-16-25-22(18-8-4-2-5-9-18)23(26)19-10-6-3-7-11-19/h2-16H,1H3. The summed E-state index contributed by atoms with van der Waals surface area (Å²) in [7, 11) is 0. The SMILES string of the molecule is CC(=O)Oc1ccc(C(=O)n2cnc(-c3ccccc3)c2-c2ccccc2)cc1. The molecule has 0 aliphatic heterocycles. The topological polar surface area (TPSA) is 61.2 Å². The van der Waals surface area contributed by atoms with E-state index in [-0.39, 0.29) is 5.91 Å². The molecule has 3 aromatic carbocycles. The van der Waals surface area contributed by atoms with E-state index in [4.69, 9.17) is 4.74 Å². The third kappa shape index (κ3) is 3.84. The van der Waals surface area contributed by atoms with Gasteiger partial charge in [-0.3, -0.25) is 14.2 Å². The average Bonchev–Trinajstić information content (AvgIpc) is 3.20. The van der Waals surface area contributed by atoms with E-state index in [1.807, 2.05) is 60.7 Å². The molecule has 0 saturated heterocycles. The van der Waals surface area contributed by atoms with E-state index in [0.717, 1.165) is 22.5 Å². The molecule has 1 heterocycles. The molecule has 4 rings (SSSR count). The van der Waals surface area contributed by atoms with Gasteiger partial charge in [-0.1, -0.05) is 60.7 Å². The number of carbonyl (C=O) groups excluding carboxylic acids is 2. The highest BCUT2D eigenvalue weighted by molar-refractivity contribution is 6.00. The highest BCUT2D eigenvalue weighted by atomic mass is 16.5. The Hall–Kier alpha value is -3.99. The monoisotopic (exact) mass is 382 g/mol. The van der Waals surface area contributed by atoms with E-state index in [9.17, 15) is 9.59 Å². The number of esters is 1. The molecule has 0 saturated carbocycles. The summed E-state index contributed by atoms with van der Waals surface area (Å²) < 4.78 is 6.59. The number of nitrogens with zero attached hydrogens (tertiary/aromatic N) is 2. The third-order valence-corrected chi connectivity index (χ3v) is 4.44. The Morgan fingerprint density at radius 3 is 1.97 bits per heavy atom. The molecule has 0 amide bonds. The van der Waals surface area contributed by atoms with Crippen LogP contribution in [0.1, 0.15) is 17.3 Å². The zero-order valence-corrected chi connectivity index (χ0v) is 15.8. The molecular weight excluding hydrogens is 364 g/mol. The Kier molecular flexibility index (Phi) is 5.03. The number of carbonyl (C=O) groups is 2. The molecule has 0 atom stereocenters. The first-order chi connectivity index (χ1) is 14.1. The van der Waals surface area contributed by atoms with E-state index in [0.29, 0.717) is 11.3 Å². The van der Waals surface area contributed by atoms with Crippen LogP contribution in [0.15, 0.2) is 91.3 Å². The van der Waals surface area contributed by atoms with E-state index in [1.54, 1.807) is 35.2 Å². The first-order valence-electron chi connectivity index (χ1n) is 9.15. The second-order valence-corrected chi connectivity index (χ2v) is 6.47. The minimum atomic E-state index is -0.405. The summed E-state index contributed by atoms with van der Waals surface area (Å²) in [5.41, 5.74) is 3.76. The maximum Gasteiger partial charge on any atom is 0.308 e. The van der Waals surface area contributed by atoms with Crippen molar-refractivity contribution in [3.63, 3.8) is 0 Å². The van der Waals surface area contributed by atoms with Gasteiger partial charge in [-0.25, -0.2) is 4.98 Å². The second-order valence-electron chi connectivity index (χ2n) is 6.47. The molecule has 0 N–H and O–H groups in total. The molecule has 5 nitrogen and oxygen atoms in total. The van der Waals surface area contributed by atoms with Crippen LogP contribution in [-0.4, -0.2) is 21.4 Å². The predicted octanol–water partition coefficient (Wildman–Crippen LogP) is 4.83. The van der Waals surface area contributed by atoms with Crippen molar-refractivity contribution in [2.45, 2.75) is 6.92 Å².